The van der Waals surface area contributed by atoms with Crippen LogP contribution >= 0.6 is 0 Å². The van der Waals surface area contributed by atoms with Gasteiger partial charge in [-0.2, -0.15) is 0 Å². The van der Waals surface area contributed by atoms with Crippen molar-refractivity contribution in [1.29, 1.82) is 0 Å². The molecular weight excluding hydrogens is 244 g/mol. The zero-order valence-corrected chi connectivity index (χ0v) is 13.8. The number of hydrogen-bond donors (Lipinski definition) is 1. The highest BCUT2D eigenvalue weighted by atomic mass is 15.2. The van der Waals surface area contributed by atoms with Crippen molar-refractivity contribution in [3.05, 3.63) is 34.4 Å². The lowest BCUT2D eigenvalue weighted by Crippen LogP contribution is -2.53. The molecule has 0 amide bonds. The number of nitrogens with zero attached hydrogens (tertiary/aromatic N) is 1. The average molecular weight is 274 g/mol. The van der Waals surface area contributed by atoms with Crippen LogP contribution in [0.15, 0.2) is 12.1 Å². The quantitative estimate of drug-likeness (QED) is 0.906. The van der Waals surface area contributed by atoms with Crippen molar-refractivity contribution in [2.75, 3.05) is 13.1 Å². The van der Waals surface area contributed by atoms with Gasteiger partial charge in [-0.15, -0.1) is 0 Å². The van der Waals surface area contributed by atoms with E-state index < -0.39 is 0 Å². The predicted molar refractivity (Wildman–Crippen MR) is 87.1 cm³/mol. The Morgan fingerprint density at radius 1 is 0.950 bits per heavy atom. The molecule has 2 nitrogen and oxygen atoms in total. The molecule has 1 aromatic carbocycles. The summed E-state index contributed by atoms with van der Waals surface area (Å²) < 4.78 is 0. The Labute approximate surface area is 124 Å². The standard InChI is InChI=1S/C18H30N2/c1-13-11-15(3)16(12-14(13)2)17(19)18(4,5)20-9-7-6-8-10-20/h11-12,17H,6-10,19H2,1-5H3. The van der Waals surface area contributed by atoms with Crippen LogP contribution < -0.4 is 5.73 Å². The summed E-state index contributed by atoms with van der Waals surface area (Å²) in [6.07, 6.45) is 3.98. The molecule has 1 unspecified atom stereocenters. The van der Waals surface area contributed by atoms with Crippen LogP contribution in [0.2, 0.25) is 0 Å². The Kier molecular flexibility index (Phi) is 4.55. The SMILES string of the molecule is Cc1cc(C)c(C(N)C(C)(C)N2CCCCC2)cc1C. The molecule has 1 aliphatic rings. The van der Waals surface area contributed by atoms with E-state index in [0.29, 0.717) is 0 Å². The minimum atomic E-state index is 0.0207. The van der Waals surface area contributed by atoms with E-state index in [0.717, 1.165) is 0 Å². The van der Waals surface area contributed by atoms with Gasteiger partial charge in [-0.3, -0.25) is 4.90 Å². The Morgan fingerprint density at radius 3 is 2.10 bits per heavy atom. The first-order valence-electron chi connectivity index (χ1n) is 7.92. The number of hydrogen-bond acceptors (Lipinski definition) is 2. The predicted octanol–water partition coefficient (Wildman–Crippen LogP) is 3.88. The van der Waals surface area contributed by atoms with Gasteiger partial charge in [0, 0.05) is 11.6 Å². The lowest BCUT2D eigenvalue weighted by molar-refractivity contribution is 0.0728. The highest BCUT2D eigenvalue weighted by Gasteiger charge is 2.35. The van der Waals surface area contributed by atoms with Gasteiger partial charge in [0.15, 0.2) is 0 Å². The monoisotopic (exact) mass is 274 g/mol. The second-order valence-electron chi connectivity index (χ2n) is 6.97. The second kappa shape index (κ2) is 5.87. The third-order valence-corrected chi connectivity index (χ3v) is 5.15. The molecule has 1 heterocycles. The molecule has 20 heavy (non-hydrogen) atoms. The molecule has 0 radical (unpaired) electrons. The van der Waals surface area contributed by atoms with Crippen molar-refractivity contribution in [2.45, 2.75) is 65.5 Å². The van der Waals surface area contributed by atoms with E-state index in [1.165, 1.54) is 54.6 Å². The van der Waals surface area contributed by atoms with E-state index in [1.807, 2.05) is 0 Å². The Hall–Kier alpha value is -0.860. The molecule has 0 spiro atoms. The second-order valence-corrected chi connectivity index (χ2v) is 6.97. The first kappa shape index (κ1) is 15.5. The van der Waals surface area contributed by atoms with Gasteiger partial charge >= 0.3 is 0 Å². The summed E-state index contributed by atoms with van der Waals surface area (Å²) in [5.41, 5.74) is 12.0. The van der Waals surface area contributed by atoms with Crippen LogP contribution in [-0.2, 0) is 0 Å². The van der Waals surface area contributed by atoms with E-state index >= 15 is 0 Å². The smallest absolute Gasteiger partial charge is 0.0479 e. The van der Waals surface area contributed by atoms with E-state index in [9.17, 15) is 0 Å². The molecule has 1 aromatic rings. The van der Waals surface area contributed by atoms with Crippen molar-refractivity contribution >= 4 is 0 Å². The molecule has 1 aliphatic heterocycles. The van der Waals surface area contributed by atoms with Gasteiger partial charge in [0.25, 0.3) is 0 Å². The highest BCUT2D eigenvalue weighted by molar-refractivity contribution is 5.39. The molecule has 2 rings (SSSR count). The lowest BCUT2D eigenvalue weighted by atomic mass is 9.83. The van der Waals surface area contributed by atoms with E-state index in [1.54, 1.807) is 0 Å². The molecule has 0 aliphatic carbocycles. The number of benzene rings is 1. The van der Waals surface area contributed by atoms with Crippen molar-refractivity contribution in [1.82, 2.24) is 4.90 Å². The zero-order chi connectivity index (χ0) is 14.9. The summed E-state index contributed by atoms with van der Waals surface area (Å²) in [5.74, 6) is 0. The van der Waals surface area contributed by atoms with E-state index in [-0.39, 0.29) is 11.6 Å². The average Bonchev–Trinajstić information content (AvgIpc) is 2.43. The number of rotatable bonds is 3. The largest absolute Gasteiger partial charge is 0.322 e. The molecule has 2 N–H and O–H groups in total. The summed E-state index contributed by atoms with van der Waals surface area (Å²) in [4.78, 5) is 2.58. The minimum Gasteiger partial charge on any atom is -0.322 e. The number of aryl methyl sites for hydroxylation is 3. The topological polar surface area (TPSA) is 29.3 Å². The fourth-order valence-corrected chi connectivity index (χ4v) is 3.37. The van der Waals surface area contributed by atoms with Gasteiger partial charge in [-0.05, 0) is 82.8 Å². The van der Waals surface area contributed by atoms with Gasteiger partial charge in [-0.1, -0.05) is 18.6 Å². The maximum Gasteiger partial charge on any atom is 0.0479 e. The van der Waals surface area contributed by atoms with Gasteiger partial charge in [0.2, 0.25) is 0 Å². The Balaban J connectivity index is 2.29. The molecule has 112 valence electrons. The van der Waals surface area contributed by atoms with Crippen LogP contribution in [0.3, 0.4) is 0 Å². The van der Waals surface area contributed by atoms with Crippen molar-refractivity contribution in [3.8, 4) is 0 Å². The fourth-order valence-electron chi connectivity index (χ4n) is 3.37. The Morgan fingerprint density at radius 2 is 1.50 bits per heavy atom. The van der Waals surface area contributed by atoms with Crippen molar-refractivity contribution in [3.63, 3.8) is 0 Å². The summed E-state index contributed by atoms with van der Waals surface area (Å²) in [6.45, 7) is 13.5. The molecule has 0 bridgehead atoms. The Bertz CT molecular complexity index is 471. The van der Waals surface area contributed by atoms with Crippen LogP contribution in [0.25, 0.3) is 0 Å². The van der Waals surface area contributed by atoms with Crippen molar-refractivity contribution < 1.29 is 0 Å². The fraction of sp³-hybridized carbons (Fsp3) is 0.667. The summed E-state index contributed by atoms with van der Waals surface area (Å²) in [6, 6.07) is 4.64. The summed E-state index contributed by atoms with van der Waals surface area (Å²) in [7, 11) is 0. The molecule has 1 atom stereocenters. The molecular formula is C18H30N2. The van der Waals surface area contributed by atoms with Crippen LogP contribution in [-0.4, -0.2) is 23.5 Å². The first-order valence-corrected chi connectivity index (χ1v) is 7.92. The van der Waals surface area contributed by atoms with Gasteiger partial charge < -0.3 is 5.73 Å². The maximum atomic E-state index is 6.68. The van der Waals surface area contributed by atoms with Crippen LogP contribution in [0.5, 0.6) is 0 Å². The third kappa shape index (κ3) is 2.91. The molecule has 0 aromatic heterocycles. The van der Waals surface area contributed by atoms with E-state index in [4.69, 9.17) is 5.73 Å². The lowest BCUT2D eigenvalue weighted by Gasteiger charge is -2.45. The van der Waals surface area contributed by atoms with Gasteiger partial charge in [0.05, 0.1) is 0 Å². The number of piperidine rings is 1. The first-order chi connectivity index (χ1) is 9.34. The van der Waals surface area contributed by atoms with Crippen LogP contribution in [0.1, 0.15) is 61.4 Å². The third-order valence-electron chi connectivity index (χ3n) is 5.15. The van der Waals surface area contributed by atoms with Crippen molar-refractivity contribution in [2.24, 2.45) is 5.73 Å². The molecule has 2 heteroatoms. The van der Waals surface area contributed by atoms with E-state index in [2.05, 4.69) is 51.7 Å². The van der Waals surface area contributed by atoms with Gasteiger partial charge in [-0.25, -0.2) is 0 Å². The highest BCUT2D eigenvalue weighted by Crippen LogP contribution is 2.33. The summed E-state index contributed by atoms with van der Waals surface area (Å²) >= 11 is 0. The van der Waals surface area contributed by atoms with Crippen LogP contribution in [0, 0.1) is 20.8 Å². The molecule has 1 saturated heterocycles. The maximum absolute atomic E-state index is 6.68. The summed E-state index contributed by atoms with van der Waals surface area (Å²) in [5, 5.41) is 0. The molecule has 0 saturated carbocycles. The van der Waals surface area contributed by atoms with Gasteiger partial charge in [0.1, 0.15) is 0 Å². The molecule has 1 fully saturated rings. The number of nitrogens with two attached hydrogens (primary N) is 1. The zero-order valence-electron chi connectivity index (χ0n) is 13.8. The minimum absolute atomic E-state index is 0.0207. The normalized spacial score (nSPS) is 19.1. The van der Waals surface area contributed by atoms with Crippen LogP contribution in [0.4, 0.5) is 0 Å². The number of likely N-dealkylation sites (tertiary alicyclic amines) is 1.